The van der Waals surface area contributed by atoms with Crippen LogP contribution in [0.2, 0.25) is 0 Å². The van der Waals surface area contributed by atoms with Gasteiger partial charge in [-0.05, 0) is 25.7 Å². The maximum atomic E-state index is 14.4. The fourth-order valence-electron chi connectivity index (χ4n) is 3.81. The van der Waals surface area contributed by atoms with E-state index in [4.69, 9.17) is 5.73 Å². The molecule has 0 atom stereocenters. The van der Waals surface area contributed by atoms with Gasteiger partial charge < -0.3 is 15.6 Å². The summed E-state index contributed by atoms with van der Waals surface area (Å²) in [6.45, 7) is 0.460. The van der Waals surface area contributed by atoms with Crippen molar-refractivity contribution in [2.45, 2.75) is 31.2 Å². The number of fused-ring (bicyclic) bond motifs is 1. The monoisotopic (exact) mass is 319 g/mol. The van der Waals surface area contributed by atoms with Crippen molar-refractivity contribution in [3.63, 3.8) is 0 Å². The zero-order valence-corrected chi connectivity index (χ0v) is 12.3. The number of anilines is 2. The van der Waals surface area contributed by atoms with Crippen molar-refractivity contribution in [1.29, 1.82) is 0 Å². The van der Waals surface area contributed by atoms with Crippen molar-refractivity contribution < 1.29 is 13.6 Å². The molecule has 2 heterocycles. The van der Waals surface area contributed by atoms with Crippen LogP contribution in [-0.4, -0.2) is 17.4 Å². The van der Waals surface area contributed by atoms with E-state index in [1.807, 2.05) is 0 Å². The standard InChI is InChI=1S/C16H15F2N3O2/c17-10-11(18)13-14-9(12(10)19)15(23)8(7-22)6-21(14)16(2-1-3-16)4-5-20-13/h6-7,20H,1-5,19H2. The number of carbonyl (C=O) groups excluding carboxylic acids is 1. The number of nitrogens with two attached hydrogens (primary N) is 1. The first-order valence-electron chi connectivity index (χ1n) is 7.55. The second-order valence-electron chi connectivity index (χ2n) is 6.30. The predicted molar refractivity (Wildman–Crippen MR) is 82.9 cm³/mol. The molecule has 1 fully saturated rings. The van der Waals surface area contributed by atoms with E-state index in [-0.39, 0.29) is 27.7 Å². The number of aldehydes is 1. The summed E-state index contributed by atoms with van der Waals surface area (Å²) in [5, 5.41) is 2.77. The molecule has 0 unspecified atom stereocenters. The fraction of sp³-hybridized carbons (Fsp3) is 0.375. The Labute approximate surface area is 130 Å². The highest BCUT2D eigenvalue weighted by Gasteiger charge is 2.41. The van der Waals surface area contributed by atoms with Crippen molar-refractivity contribution in [3.8, 4) is 0 Å². The highest BCUT2D eigenvalue weighted by Crippen LogP contribution is 2.47. The van der Waals surface area contributed by atoms with Crippen LogP contribution in [0.1, 0.15) is 36.0 Å². The molecule has 1 aliphatic carbocycles. The highest BCUT2D eigenvalue weighted by atomic mass is 19.2. The number of carbonyl (C=O) groups is 1. The minimum Gasteiger partial charge on any atom is -0.396 e. The van der Waals surface area contributed by atoms with Gasteiger partial charge in [-0.3, -0.25) is 9.59 Å². The third-order valence-electron chi connectivity index (χ3n) is 5.20. The zero-order valence-electron chi connectivity index (χ0n) is 12.3. The largest absolute Gasteiger partial charge is 0.396 e. The lowest BCUT2D eigenvalue weighted by Gasteiger charge is -2.44. The summed E-state index contributed by atoms with van der Waals surface area (Å²) in [6.07, 6.45) is 5.35. The molecule has 1 aliphatic heterocycles. The third kappa shape index (κ3) is 1.64. The Morgan fingerprint density at radius 3 is 2.61 bits per heavy atom. The molecule has 0 radical (unpaired) electrons. The average Bonchev–Trinajstić information content (AvgIpc) is 2.68. The van der Waals surface area contributed by atoms with Gasteiger partial charge in [0.1, 0.15) is 0 Å². The number of nitrogens with one attached hydrogen (secondary N) is 1. The van der Waals surface area contributed by atoms with Gasteiger partial charge in [-0.15, -0.1) is 0 Å². The number of benzene rings is 1. The van der Waals surface area contributed by atoms with Crippen LogP contribution < -0.4 is 16.5 Å². The van der Waals surface area contributed by atoms with Crippen LogP contribution in [0.3, 0.4) is 0 Å². The van der Waals surface area contributed by atoms with E-state index in [9.17, 15) is 18.4 Å². The van der Waals surface area contributed by atoms with Gasteiger partial charge >= 0.3 is 0 Å². The number of aromatic nitrogens is 1. The molecule has 0 bridgehead atoms. The Bertz CT molecular complexity index is 916. The number of hydrogen-bond acceptors (Lipinski definition) is 4. The lowest BCUT2D eigenvalue weighted by atomic mass is 9.74. The van der Waals surface area contributed by atoms with E-state index < -0.39 is 22.8 Å². The molecule has 7 heteroatoms. The summed E-state index contributed by atoms with van der Waals surface area (Å²) in [6, 6.07) is 0. The smallest absolute Gasteiger partial charge is 0.202 e. The molecular formula is C16H15F2N3O2. The molecule has 2 aliphatic rings. The molecule has 0 saturated heterocycles. The van der Waals surface area contributed by atoms with Crippen molar-refractivity contribution >= 4 is 28.6 Å². The van der Waals surface area contributed by atoms with E-state index in [2.05, 4.69) is 5.32 Å². The average molecular weight is 319 g/mol. The van der Waals surface area contributed by atoms with Crippen molar-refractivity contribution in [2.24, 2.45) is 0 Å². The summed E-state index contributed by atoms with van der Waals surface area (Å²) >= 11 is 0. The van der Waals surface area contributed by atoms with Crippen LogP contribution in [0.25, 0.3) is 10.9 Å². The predicted octanol–water partition coefficient (Wildman–Crippen LogP) is 2.37. The number of rotatable bonds is 1. The summed E-state index contributed by atoms with van der Waals surface area (Å²) in [7, 11) is 0. The quantitative estimate of drug-likeness (QED) is 0.625. The lowest BCUT2D eigenvalue weighted by Crippen LogP contribution is -2.42. The van der Waals surface area contributed by atoms with Gasteiger partial charge in [0.05, 0.1) is 27.8 Å². The maximum absolute atomic E-state index is 14.4. The van der Waals surface area contributed by atoms with Crippen LogP contribution in [0.5, 0.6) is 0 Å². The van der Waals surface area contributed by atoms with Gasteiger partial charge in [0, 0.05) is 18.3 Å². The molecule has 1 saturated carbocycles. The van der Waals surface area contributed by atoms with Gasteiger partial charge in [0.15, 0.2) is 17.9 Å². The molecule has 23 heavy (non-hydrogen) atoms. The lowest BCUT2D eigenvalue weighted by molar-refractivity contribution is 0.111. The first-order chi connectivity index (χ1) is 11.0. The normalized spacial score (nSPS) is 18.3. The van der Waals surface area contributed by atoms with Crippen LogP contribution in [-0.2, 0) is 5.54 Å². The third-order valence-corrected chi connectivity index (χ3v) is 5.20. The van der Waals surface area contributed by atoms with Gasteiger partial charge in [-0.2, -0.15) is 0 Å². The minimum absolute atomic E-state index is 0.0509. The van der Waals surface area contributed by atoms with Gasteiger partial charge in [-0.25, -0.2) is 8.78 Å². The topological polar surface area (TPSA) is 77.1 Å². The van der Waals surface area contributed by atoms with Crippen molar-refractivity contribution in [3.05, 3.63) is 33.6 Å². The van der Waals surface area contributed by atoms with Gasteiger partial charge in [0.25, 0.3) is 0 Å². The molecule has 0 amide bonds. The Kier molecular flexibility index (Phi) is 2.79. The van der Waals surface area contributed by atoms with E-state index in [1.54, 1.807) is 4.57 Å². The second kappa shape index (κ2) is 4.53. The number of nitrogen functional groups attached to an aromatic ring is 1. The van der Waals surface area contributed by atoms with Crippen LogP contribution in [0.15, 0.2) is 11.0 Å². The van der Waals surface area contributed by atoms with Crippen LogP contribution >= 0.6 is 0 Å². The molecule has 1 spiro atoms. The highest BCUT2D eigenvalue weighted by molar-refractivity contribution is 6.01. The Balaban J connectivity index is 2.27. The Morgan fingerprint density at radius 1 is 1.26 bits per heavy atom. The molecule has 4 rings (SSSR count). The van der Waals surface area contributed by atoms with E-state index in [1.165, 1.54) is 6.20 Å². The van der Waals surface area contributed by atoms with Crippen molar-refractivity contribution in [1.82, 2.24) is 4.57 Å². The van der Waals surface area contributed by atoms with Crippen molar-refractivity contribution in [2.75, 3.05) is 17.6 Å². The maximum Gasteiger partial charge on any atom is 0.202 e. The van der Waals surface area contributed by atoms with Gasteiger partial charge in [-0.1, -0.05) is 0 Å². The van der Waals surface area contributed by atoms with E-state index >= 15 is 0 Å². The van der Waals surface area contributed by atoms with Crippen LogP contribution in [0, 0.1) is 11.6 Å². The zero-order chi connectivity index (χ0) is 16.4. The number of hydrogen-bond donors (Lipinski definition) is 2. The molecule has 2 aromatic rings. The molecule has 1 aromatic carbocycles. The number of nitrogens with zero attached hydrogens (tertiary/aromatic N) is 1. The minimum atomic E-state index is -1.25. The van der Waals surface area contributed by atoms with E-state index in [0.29, 0.717) is 19.3 Å². The summed E-state index contributed by atoms with van der Waals surface area (Å²) < 4.78 is 30.3. The fourth-order valence-corrected chi connectivity index (χ4v) is 3.81. The van der Waals surface area contributed by atoms with Crippen LogP contribution in [0.4, 0.5) is 20.2 Å². The SMILES string of the molecule is Nc1c(F)c(F)c2c3c1c(=O)c(C=O)cn3C1(CCC1)CCN2. The van der Waals surface area contributed by atoms with E-state index in [0.717, 1.165) is 19.3 Å². The first kappa shape index (κ1) is 14.2. The summed E-state index contributed by atoms with van der Waals surface area (Å²) in [4.78, 5) is 23.7. The molecular weight excluding hydrogens is 304 g/mol. The number of halogens is 2. The molecule has 5 nitrogen and oxygen atoms in total. The summed E-state index contributed by atoms with van der Waals surface area (Å²) in [5.74, 6) is -2.34. The Hall–Kier alpha value is -2.44. The molecule has 120 valence electrons. The molecule has 3 N–H and O–H groups in total. The second-order valence-corrected chi connectivity index (χ2v) is 6.30. The first-order valence-corrected chi connectivity index (χ1v) is 7.55. The Morgan fingerprint density at radius 2 is 2.00 bits per heavy atom. The summed E-state index contributed by atoms with van der Waals surface area (Å²) in [5.41, 5.74) is 4.32. The van der Waals surface area contributed by atoms with Gasteiger partial charge in [0.2, 0.25) is 5.43 Å². The molecule has 1 aromatic heterocycles. The number of pyridine rings is 1.